The molecule has 2 fully saturated rings. The lowest BCUT2D eigenvalue weighted by Gasteiger charge is -2.24. The van der Waals surface area contributed by atoms with Gasteiger partial charge < -0.3 is 10.2 Å². The summed E-state index contributed by atoms with van der Waals surface area (Å²) < 4.78 is 1.33. The molecule has 3 rings (SSSR count). The first-order chi connectivity index (χ1) is 9.70. The van der Waals surface area contributed by atoms with E-state index in [9.17, 15) is 4.79 Å². The van der Waals surface area contributed by atoms with Gasteiger partial charge in [-0.15, -0.1) is 6.58 Å². The van der Waals surface area contributed by atoms with Gasteiger partial charge in [-0.25, -0.2) is 4.68 Å². The highest BCUT2D eigenvalue weighted by Gasteiger charge is 2.35. The van der Waals surface area contributed by atoms with Gasteiger partial charge in [0, 0.05) is 19.1 Å². The molecular weight excluding hydrogens is 276 g/mol. The average Bonchev–Trinajstić information content (AvgIpc) is 2.88. The Balaban J connectivity index is 1.86. The Bertz CT molecular complexity index is 557. The first kappa shape index (κ1) is 13.6. The van der Waals surface area contributed by atoms with Gasteiger partial charge in [0.15, 0.2) is 0 Å². The van der Waals surface area contributed by atoms with Gasteiger partial charge in [0.1, 0.15) is 5.02 Å². The summed E-state index contributed by atoms with van der Waals surface area (Å²) in [6, 6.07) is 0.510. The first-order valence-electron chi connectivity index (χ1n) is 7.05. The van der Waals surface area contributed by atoms with Crippen LogP contribution in [0.2, 0.25) is 5.02 Å². The van der Waals surface area contributed by atoms with Gasteiger partial charge in [-0.1, -0.05) is 17.7 Å². The van der Waals surface area contributed by atoms with E-state index in [0.717, 1.165) is 25.3 Å². The Morgan fingerprint density at radius 2 is 2.40 bits per heavy atom. The van der Waals surface area contributed by atoms with Crippen molar-refractivity contribution in [2.45, 2.75) is 25.4 Å². The molecule has 1 N–H and O–H groups in total. The van der Waals surface area contributed by atoms with Crippen LogP contribution < -0.4 is 15.8 Å². The van der Waals surface area contributed by atoms with E-state index >= 15 is 0 Å². The number of rotatable bonds is 3. The number of nitrogens with one attached hydrogen (secondary N) is 1. The maximum Gasteiger partial charge on any atom is 0.287 e. The predicted molar refractivity (Wildman–Crippen MR) is 80.4 cm³/mol. The average molecular weight is 295 g/mol. The molecule has 6 heteroatoms. The lowest BCUT2D eigenvalue weighted by molar-refractivity contribution is 0.340. The molecule has 1 aromatic rings. The van der Waals surface area contributed by atoms with Gasteiger partial charge in [-0.3, -0.25) is 4.79 Å². The van der Waals surface area contributed by atoms with Crippen LogP contribution in [0.1, 0.15) is 12.8 Å². The number of halogens is 1. The Morgan fingerprint density at radius 3 is 3.15 bits per heavy atom. The molecule has 2 unspecified atom stereocenters. The molecule has 5 nitrogen and oxygen atoms in total. The van der Waals surface area contributed by atoms with E-state index in [-0.39, 0.29) is 10.6 Å². The second kappa shape index (κ2) is 5.58. The van der Waals surface area contributed by atoms with Crippen molar-refractivity contribution in [3.8, 4) is 0 Å². The molecule has 0 aliphatic carbocycles. The summed E-state index contributed by atoms with van der Waals surface area (Å²) in [5, 5.41) is 7.99. The number of piperidine rings is 1. The molecule has 20 heavy (non-hydrogen) atoms. The number of nitrogens with zero attached hydrogens (tertiary/aromatic N) is 3. The van der Waals surface area contributed by atoms with Crippen molar-refractivity contribution in [3.05, 3.63) is 34.2 Å². The van der Waals surface area contributed by atoms with Crippen molar-refractivity contribution >= 4 is 17.3 Å². The third-order valence-electron chi connectivity index (χ3n) is 4.21. The molecule has 1 aromatic heterocycles. The number of fused-ring (bicyclic) bond motifs is 1. The highest BCUT2D eigenvalue weighted by atomic mass is 35.5. The second-order valence-electron chi connectivity index (χ2n) is 5.49. The van der Waals surface area contributed by atoms with Gasteiger partial charge in [0.05, 0.1) is 18.4 Å². The molecule has 2 aliphatic rings. The molecule has 0 saturated carbocycles. The third kappa shape index (κ3) is 2.36. The largest absolute Gasteiger partial charge is 0.367 e. The van der Waals surface area contributed by atoms with Crippen LogP contribution in [0.3, 0.4) is 0 Å². The van der Waals surface area contributed by atoms with E-state index < -0.39 is 0 Å². The van der Waals surface area contributed by atoms with Crippen LogP contribution in [0, 0.1) is 5.92 Å². The molecule has 0 spiro atoms. The van der Waals surface area contributed by atoms with Crippen LogP contribution in [0.4, 0.5) is 5.69 Å². The van der Waals surface area contributed by atoms with Gasteiger partial charge in [-0.2, -0.15) is 5.10 Å². The molecule has 0 bridgehead atoms. The van der Waals surface area contributed by atoms with E-state index in [1.807, 2.05) is 0 Å². The van der Waals surface area contributed by atoms with E-state index in [1.165, 1.54) is 17.5 Å². The summed E-state index contributed by atoms with van der Waals surface area (Å²) >= 11 is 6.24. The minimum absolute atomic E-state index is 0.244. The lowest BCUT2D eigenvalue weighted by atomic mass is 9.94. The zero-order valence-corrected chi connectivity index (χ0v) is 12.1. The first-order valence-corrected chi connectivity index (χ1v) is 7.43. The van der Waals surface area contributed by atoms with Gasteiger partial charge in [-0.05, 0) is 25.3 Å². The monoisotopic (exact) mass is 294 g/mol. The van der Waals surface area contributed by atoms with E-state index in [0.29, 0.717) is 18.5 Å². The molecule has 2 aliphatic heterocycles. The van der Waals surface area contributed by atoms with E-state index in [4.69, 9.17) is 11.6 Å². The highest BCUT2D eigenvalue weighted by Crippen LogP contribution is 2.31. The van der Waals surface area contributed by atoms with Gasteiger partial charge >= 0.3 is 0 Å². The van der Waals surface area contributed by atoms with Crippen molar-refractivity contribution in [2.24, 2.45) is 5.92 Å². The number of hydrogen-bond acceptors (Lipinski definition) is 4. The maximum absolute atomic E-state index is 12.1. The van der Waals surface area contributed by atoms with E-state index in [1.54, 1.807) is 12.3 Å². The molecule has 3 heterocycles. The Hall–Kier alpha value is -1.33. The summed E-state index contributed by atoms with van der Waals surface area (Å²) in [5.74, 6) is 0.649. The molecule has 0 aromatic carbocycles. The summed E-state index contributed by atoms with van der Waals surface area (Å²) in [6.45, 7) is 6.93. The molecular formula is C14H19ClN4O. The highest BCUT2D eigenvalue weighted by molar-refractivity contribution is 6.33. The second-order valence-corrected chi connectivity index (χ2v) is 5.87. The number of hydrogen-bond donors (Lipinski definition) is 1. The Morgan fingerprint density at radius 1 is 1.55 bits per heavy atom. The number of anilines is 1. The number of allylic oxidation sites excluding steroid dienone is 1. The normalized spacial score (nSPS) is 25.6. The zero-order chi connectivity index (χ0) is 14.1. The third-order valence-corrected chi connectivity index (χ3v) is 4.56. The minimum atomic E-state index is -0.244. The molecule has 0 amide bonds. The molecule has 108 valence electrons. The maximum atomic E-state index is 12.1. The Kier molecular flexibility index (Phi) is 3.81. The van der Waals surface area contributed by atoms with Gasteiger partial charge in [0.25, 0.3) is 5.56 Å². The van der Waals surface area contributed by atoms with Crippen molar-refractivity contribution < 1.29 is 0 Å². The summed E-state index contributed by atoms with van der Waals surface area (Å²) in [5.41, 5.74) is 0.514. The Labute approximate surface area is 123 Å². The zero-order valence-electron chi connectivity index (χ0n) is 11.4. The van der Waals surface area contributed by atoms with Crippen LogP contribution in [-0.2, 0) is 6.54 Å². The van der Waals surface area contributed by atoms with Gasteiger partial charge in [0.2, 0.25) is 0 Å². The van der Waals surface area contributed by atoms with E-state index in [2.05, 4.69) is 21.9 Å². The fourth-order valence-corrected chi connectivity index (χ4v) is 3.44. The molecule has 0 radical (unpaired) electrons. The van der Waals surface area contributed by atoms with Crippen LogP contribution >= 0.6 is 11.6 Å². The molecule has 2 atom stereocenters. The van der Waals surface area contributed by atoms with Crippen LogP contribution in [0.5, 0.6) is 0 Å². The van der Waals surface area contributed by atoms with Crippen molar-refractivity contribution in [1.82, 2.24) is 15.1 Å². The van der Waals surface area contributed by atoms with Crippen LogP contribution in [0.15, 0.2) is 23.6 Å². The lowest BCUT2D eigenvalue weighted by Crippen LogP contribution is -2.40. The predicted octanol–water partition coefficient (Wildman–Crippen LogP) is 1.27. The summed E-state index contributed by atoms with van der Waals surface area (Å²) in [6.07, 6.45) is 5.80. The number of aromatic nitrogens is 2. The van der Waals surface area contributed by atoms with Crippen LogP contribution in [-0.4, -0.2) is 35.5 Å². The minimum Gasteiger partial charge on any atom is -0.367 e. The molecule has 2 saturated heterocycles. The fraction of sp³-hybridized carbons (Fsp3) is 0.571. The quantitative estimate of drug-likeness (QED) is 0.853. The topological polar surface area (TPSA) is 50.2 Å². The van der Waals surface area contributed by atoms with Crippen LogP contribution in [0.25, 0.3) is 0 Å². The van der Waals surface area contributed by atoms with Crippen molar-refractivity contribution in [3.63, 3.8) is 0 Å². The summed E-state index contributed by atoms with van der Waals surface area (Å²) in [4.78, 5) is 14.3. The summed E-state index contributed by atoms with van der Waals surface area (Å²) in [7, 11) is 0. The van der Waals surface area contributed by atoms with Crippen molar-refractivity contribution in [2.75, 3.05) is 24.5 Å². The fourth-order valence-electron chi connectivity index (χ4n) is 3.17. The smallest absolute Gasteiger partial charge is 0.287 e. The standard InChI is InChI=1S/C14H19ClN4O/c1-2-6-19-14(20)13(15)12(7-17-19)18-8-10-4-3-5-16-11(10)9-18/h2,7,10-11,16H,1,3-6,8-9H2. The van der Waals surface area contributed by atoms with Crippen molar-refractivity contribution in [1.29, 1.82) is 0 Å². The SMILES string of the molecule is C=CCn1ncc(N2CC3CCCNC3C2)c(Cl)c1=O.